The van der Waals surface area contributed by atoms with Crippen LogP contribution >= 0.6 is 0 Å². The topological polar surface area (TPSA) is 93.5 Å². The Morgan fingerprint density at radius 1 is 1.21 bits per heavy atom. The fraction of sp³-hybridized carbons (Fsp3) is 0.235. The van der Waals surface area contributed by atoms with Crippen LogP contribution < -0.4 is 15.4 Å². The fourth-order valence-corrected chi connectivity index (χ4v) is 2.27. The second kappa shape index (κ2) is 7.96. The molecule has 0 saturated carbocycles. The minimum atomic E-state index is -0.558. The zero-order chi connectivity index (χ0) is 17.5. The highest BCUT2D eigenvalue weighted by atomic mass is 16.6. The van der Waals surface area contributed by atoms with E-state index in [1.54, 1.807) is 6.07 Å². The van der Waals surface area contributed by atoms with Crippen molar-refractivity contribution in [2.45, 2.75) is 13.3 Å². The molecule has 0 aliphatic rings. The molecule has 24 heavy (non-hydrogen) atoms. The standard InChI is InChI=1S/C17H19N3O4/c1-3-12-6-4-5-7-14(12)18-11-17(21)19-15-9-8-13(24-2)10-16(15)20(22)23/h4-10,18H,3,11H2,1-2H3,(H,19,21). The second-order valence-electron chi connectivity index (χ2n) is 5.05. The molecule has 0 radical (unpaired) electrons. The van der Waals surface area contributed by atoms with Gasteiger partial charge in [-0.25, -0.2) is 0 Å². The number of nitrogens with zero attached hydrogens (tertiary/aromatic N) is 1. The number of nitro groups is 1. The first-order valence-corrected chi connectivity index (χ1v) is 7.49. The van der Waals surface area contributed by atoms with Crippen LogP contribution in [0.15, 0.2) is 42.5 Å². The molecule has 1 amide bonds. The summed E-state index contributed by atoms with van der Waals surface area (Å²) in [6.45, 7) is 2.04. The number of ether oxygens (including phenoxy) is 1. The van der Waals surface area contributed by atoms with Crippen LogP contribution in [0.2, 0.25) is 0 Å². The van der Waals surface area contributed by atoms with Gasteiger partial charge in [0.15, 0.2) is 0 Å². The van der Waals surface area contributed by atoms with Gasteiger partial charge in [0.2, 0.25) is 5.91 Å². The van der Waals surface area contributed by atoms with Gasteiger partial charge in [-0.15, -0.1) is 0 Å². The van der Waals surface area contributed by atoms with Crippen LogP contribution in [0.1, 0.15) is 12.5 Å². The molecule has 0 aliphatic carbocycles. The fourth-order valence-electron chi connectivity index (χ4n) is 2.27. The third-order valence-electron chi connectivity index (χ3n) is 3.51. The normalized spacial score (nSPS) is 10.1. The molecule has 2 aromatic carbocycles. The molecule has 0 atom stereocenters. The average molecular weight is 329 g/mol. The summed E-state index contributed by atoms with van der Waals surface area (Å²) in [6.07, 6.45) is 0.842. The molecule has 0 spiro atoms. The highest BCUT2D eigenvalue weighted by Crippen LogP contribution is 2.28. The van der Waals surface area contributed by atoms with Crippen LogP contribution in [0.4, 0.5) is 17.1 Å². The number of amides is 1. The number of carbonyl (C=O) groups is 1. The summed E-state index contributed by atoms with van der Waals surface area (Å²) in [7, 11) is 1.42. The van der Waals surface area contributed by atoms with Crippen LogP contribution in [0.5, 0.6) is 5.75 Å². The number of nitrogens with one attached hydrogen (secondary N) is 2. The largest absolute Gasteiger partial charge is 0.496 e. The number of carbonyl (C=O) groups excluding carboxylic acids is 1. The zero-order valence-corrected chi connectivity index (χ0v) is 13.5. The number of hydrogen-bond donors (Lipinski definition) is 2. The summed E-state index contributed by atoms with van der Waals surface area (Å²) in [5.41, 5.74) is 1.90. The van der Waals surface area contributed by atoms with E-state index >= 15 is 0 Å². The van der Waals surface area contributed by atoms with E-state index in [9.17, 15) is 14.9 Å². The first-order valence-electron chi connectivity index (χ1n) is 7.49. The Kier molecular flexibility index (Phi) is 5.73. The van der Waals surface area contributed by atoms with Gasteiger partial charge in [0.05, 0.1) is 24.6 Å². The molecule has 2 N–H and O–H groups in total. The second-order valence-corrected chi connectivity index (χ2v) is 5.05. The predicted molar refractivity (Wildman–Crippen MR) is 92.6 cm³/mol. The number of rotatable bonds is 7. The van der Waals surface area contributed by atoms with Crippen LogP contribution in [0, 0.1) is 10.1 Å². The van der Waals surface area contributed by atoms with E-state index in [0.29, 0.717) is 5.75 Å². The molecule has 0 bridgehead atoms. The van der Waals surface area contributed by atoms with Crippen molar-refractivity contribution in [3.05, 3.63) is 58.1 Å². The van der Waals surface area contributed by atoms with Crippen molar-refractivity contribution in [3.63, 3.8) is 0 Å². The molecule has 0 fully saturated rings. The van der Waals surface area contributed by atoms with Crippen molar-refractivity contribution in [3.8, 4) is 5.75 Å². The number of anilines is 2. The first-order chi connectivity index (χ1) is 11.5. The van der Waals surface area contributed by atoms with Crippen molar-refractivity contribution in [2.24, 2.45) is 0 Å². The predicted octanol–water partition coefficient (Wildman–Crippen LogP) is 3.22. The highest BCUT2D eigenvalue weighted by molar-refractivity contribution is 5.96. The summed E-state index contributed by atoms with van der Waals surface area (Å²) < 4.78 is 4.97. The molecule has 126 valence electrons. The van der Waals surface area contributed by atoms with Gasteiger partial charge in [-0.1, -0.05) is 25.1 Å². The SMILES string of the molecule is CCc1ccccc1NCC(=O)Nc1ccc(OC)cc1[N+](=O)[O-]. The van der Waals surface area contributed by atoms with Crippen LogP contribution in [0.3, 0.4) is 0 Å². The Morgan fingerprint density at radius 2 is 1.96 bits per heavy atom. The van der Waals surface area contributed by atoms with Gasteiger partial charge in [0.25, 0.3) is 5.69 Å². The van der Waals surface area contributed by atoms with Gasteiger partial charge in [-0.3, -0.25) is 14.9 Å². The van der Waals surface area contributed by atoms with Crippen molar-refractivity contribution < 1.29 is 14.5 Å². The lowest BCUT2D eigenvalue weighted by atomic mass is 10.1. The van der Waals surface area contributed by atoms with E-state index in [4.69, 9.17) is 4.74 Å². The summed E-state index contributed by atoms with van der Waals surface area (Å²) in [4.78, 5) is 22.6. The van der Waals surface area contributed by atoms with Crippen molar-refractivity contribution in [1.82, 2.24) is 0 Å². The van der Waals surface area contributed by atoms with E-state index in [1.165, 1.54) is 19.2 Å². The summed E-state index contributed by atoms with van der Waals surface area (Å²) >= 11 is 0. The van der Waals surface area contributed by atoms with Crippen LogP contribution in [0.25, 0.3) is 0 Å². The maximum Gasteiger partial charge on any atom is 0.296 e. The third kappa shape index (κ3) is 4.22. The molecule has 0 saturated heterocycles. The van der Waals surface area contributed by atoms with E-state index in [0.717, 1.165) is 17.7 Å². The maximum absolute atomic E-state index is 12.1. The van der Waals surface area contributed by atoms with E-state index in [-0.39, 0.29) is 23.8 Å². The van der Waals surface area contributed by atoms with Gasteiger partial charge in [0, 0.05) is 5.69 Å². The quantitative estimate of drug-likeness (QED) is 0.601. The van der Waals surface area contributed by atoms with Crippen molar-refractivity contribution >= 4 is 23.0 Å². The minimum absolute atomic E-state index is 0.0141. The summed E-state index contributed by atoms with van der Waals surface area (Å²) in [5.74, 6) is -0.0103. The van der Waals surface area contributed by atoms with Crippen LogP contribution in [-0.2, 0) is 11.2 Å². The molecule has 2 rings (SSSR count). The number of para-hydroxylation sites is 1. The van der Waals surface area contributed by atoms with E-state index in [1.807, 2.05) is 31.2 Å². The third-order valence-corrected chi connectivity index (χ3v) is 3.51. The number of methoxy groups -OCH3 is 1. The molecule has 0 aliphatic heterocycles. The van der Waals surface area contributed by atoms with Gasteiger partial charge in [0.1, 0.15) is 11.4 Å². The van der Waals surface area contributed by atoms with Crippen molar-refractivity contribution in [2.75, 3.05) is 24.3 Å². The smallest absolute Gasteiger partial charge is 0.296 e. The Labute approximate surface area is 139 Å². The molecule has 0 unspecified atom stereocenters. The number of aryl methyl sites for hydroxylation is 1. The number of benzene rings is 2. The van der Waals surface area contributed by atoms with E-state index < -0.39 is 4.92 Å². The molecule has 2 aromatic rings. The molecule has 7 nitrogen and oxygen atoms in total. The van der Waals surface area contributed by atoms with Gasteiger partial charge >= 0.3 is 0 Å². The summed E-state index contributed by atoms with van der Waals surface area (Å²) in [6, 6.07) is 12.0. The monoisotopic (exact) mass is 329 g/mol. The number of hydrogen-bond acceptors (Lipinski definition) is 5. The molecule has 0 aromatic heterocycles. The highest BCUT2D eigenvalue weighted by Gasteiger charge is 2.17. The molecule has 7 heteroatoms. The molecule has 0 heterocycles. The summed E-state index contributed by atoms with van der Waals surface area (Å²) in [5, 5.41) is 16.7. The lowest BCUT2D eigenvalue weighted by Gasteiger charge is -2.11. The first kappa shape index (κ1) is 17.3. The van der Waals surface area contributed by atoms with Gasteiger partial charge in [-0.05, 0) is 30.2 Å². The van der Waals surface area contributed by atoms with E-state index in [2.05, 4.69) is 10.6 Å². The Morgan fingerprint density at radius 3 is 2.62 bits per heavy atom. The zero-order valence-electron chi connectivity index (χ0n) is 13.5. The van der Waals surface area contributed by atoms with Gasteiger partial charge in [-0.2, -0.15) is 0 Å². The lowest BCUT2D eigenvalue weighted by molar-refractivity contribution is -0.384. The minimum Gasteiger partial charge on any atom is -0.496 e. The average Bonchev–Trinajstić information content (AvgIpc) is 2.60. The Balaban J connectivity index is 2.06. The maximum atomic E-state index is 12.1. The Hall–Kier alpha value is -3.09. The Bertz CT molecular complexity index is 746. The van der Waals surface area contributed by atoms with Crippen molar-refractivity contribution in [1.29, 1.82) is 0 Å². The number of nitro benzene ring substituents is 1. The molecular formula is C17H19N3O4. The van der Waals surface area contributed by atoms with Gasteiger partial charge < -0.3 is 15.4 Å². The van der Waals surface area contributed by atoms with Crippen LogP contribution in [-0.4, -0.2) is 24.5 Å². The molecular weight excluding hydrogens is 310 g/mol. The lowest BCUT2D eigenvalue weighted by Crippen LogP contribution is -2.22.